The quantitative estimate of drug-likeness (QED) is 0.799. The van der Waals surface area contributed by atoms with Gasteiger partial charge in [0.1, 0.15) is 5.82 Å². The monoisotopic (exact) mass is 204 g/mol. The smallest absolute Gasteiger partial charge is 0.123 e. The number of hydrogen-bond donors (Lipinski definition) is 1. The van der Waals surface area contributed by atoms with Crippen molar-refractivity contribution in [3.63, 3.8) is 0 Å². The van der Waals surface area contributed by atoms with Gasteiger partial charge in [0, 0.05) is 25.0 Å². The summed E-state index contributed by atoms with van der Waals surface area (Å²) in [6, 6.07) is 10.4. The van der Waals surface area contributed by atoms with Crippen LogP contribution in [-0.4, -0.2) is 4.57 Å². The molecule has 0 saturated carbocycles. The molecular formula is C12H13FN2. The summed E-state index contributed by atoms with van der Waals surface area (Å²) in [5, 5.41) is 0. The maximum absolute atomic E-state index is 12.7. The molecule has 0 aliphatic heterocycles. The van der Waals surface area contributed by atoms with Gasteiger partial charge in [-0.25, -0.2) is 4.39 Å². The van der Waals surface area contributed by atoms with E-state index in [1.54, 1.807) is 12.1 Å². The van der Waals surface area contributed by atoms with Crippen LogP contribution in [0.1, 0.15) is 5.69 Å². The van der Waals surface area contributed by atoms with E-state index in [0.717, 1.165) is 17.0 Å². The lowest BCUT2D eigenvalue weighted by Gasteiger charge is -2.06. The minimum atomic E-state index is -0.216. The first kappa shape index (κ1) is 9.93. The van der Waals surface area contributed by atoms with Gasteiger partial charge in [-0.15, -0.1) is 0 Å². The second-order valence-electron chi connectivity index (χ2n) is 3.48. The molecule has 3 heteroatoms. The average molecular weight is 204 g/mol. The van der Waals surface area contributed by atoms with E-state index in [0.29, 0.717) is 6.54 Å². The van der Waals surface area contributed by atoms with E-state index in [-0.39, 0.29) is 5.82 Å². The Balaban J connectivity index is 2.45. The highest BCUT2D eigenvalue weighted by Crippen LogP contribution is 2.21. The van der Waals surface area contributed by atoms with E-state index in [4.69, 9.17) is 5.73 Å². The fraction of sp³-hybridized carbons (Fsp3) is 0.167. The first-order valence-corrected chi connectivity index (χ1v) is 4.83. The van der Waals surface area contributed by atoms with Gasteiger partial charge < -0.3 is 10.3 Å². The fourth-order valence-electron chi connectivity index (χ4n) is 1.67. The molecule has 2 nitrogen and oxygen atoms in total. The van der Waals surface area contributed by atoms with Gasteiger partial charge in [-0.05, 0) is 42.0 Å². The molecule has 0 aliphatic carbocycles. The Morgan fingerprint density at radius 1 is 1.13 bits per heavy atom. The van der Waals surface area contributed by atoms with Crippen LogP contribution in [0.15, 0.2) is 36.4 Å². The summed E-state index contributed by atoms with van der Waals surface area (Å²) in [4.78, 5) is 0. The van der Waals surface area contributed by atoms with Crippen LogP contribution >= 0.6 is 0 Å². The predicted octanol–water partition coefficient (Wildman–Crippen LogP) is 2.29. The minimum absolute atomic E-state index is 0.216. The molecule has 0 radical (unpaired) electrons. The molecule has 1 aromatic heterocycles. The Kier molecular flexibility index (Phi) is 2.56. The third-order valence-electron chi connectivity index (χ3n) is 2.57. The van der Waals surface area contributed by atoms with Crippen molar-refractivity contribution < 1.29 is 4.39 Å². The number of nitrogens with zero attached hydrogens (tertiary/aromatic N) is 1. The van der Waals surface area contributed by atoms with E-state index >= 15 is 0 Å². The van der Waals surface area contributed by atoms with Crippen LogP contribution in [-0.2, 0) is 13.6 Å². The van der Waals surface area contributed by atoms with Crippen LogP contribution in [0.5, 0.6) is 0 Å². The third kappa shape index (κ3) is 1.78. The highest BCUT2D eigenvalue weighted by Gasteiger charge is 2.05. The van der Waals surface area contributed by atoms with Gasteiger partial charge in [-0.3, -0.25) is 0 Å². The highest BCUT2D eigenvalue weighted by atomic mass is 19.1. The molecule has 2 aromatic rings. The van der Waals surface area contributed by atoms with Crippen molar-refractivity contribution in [2.75, 3.05) is 0 Å². The Bertz CT molecular complexity index is 457. The number of aromatic nitrogens is 1. The van der Waals surface area contributed by atoms with E-state index in [2.05, 4.69) is 0 Å². The summed E-state index contributed by atoms with van der Waals surface area (Å²) in [6.07, 6.45) is 0. The summed E-state index contributed by atoms with van der Waals surface area (Å²) in [7, 11) is 1.96. The normalized spacial score (nSPS) is 10.6. The number of halogens is 1. The molecule has 0 amide bonds. The van der Waals surface area contributed by atoms with E-state index in [9.17, 15) is 4.39 Å². The predicted molar refractivity (Wildman–Crippen MR) is 58.7 cm³/mol. The van der Waals surface area contributed by atoms with Crippen LogP contribution in [0.2, 0.25) is 0 Å². The van der Waals surface area contributed by atoms with Crippen molar-refractivity contribution in [2.45, 2.75) is 6.54 Å². The maximum Gasteiger partial charge on any atom is 0.123 e. The van der Waals surface area contributed by atoms with E-state index in [1.165, 1.54) is 12.1 Å². The van der Waals surface area contributed by atoms with Crippen molar-refractivity contribution in [1.82, 2.24) is 4.57 Å². The van der Waals surface area contributed by atoms with Gasteiger partial charge >= 0.3 is 0 Å². The molecule has 0 bridgehead atoms. The Morgan fingerprint density at radius 2 is 1.80 bits per heavy atom. The number of rotatable bonds is 2. The van der Waals surface area contributed by atoms with E-state index < -0.39 is 0 Å². The van der Waals surface area contributed by atoms with Gasteiger partial charge in [-0.2, -0.15) is 0 Å². The molecule has 2 rings (SSSR count). The SMILES string of the molecule is Cn1c(CN)ccc1-c1ccc(F)cc1. The molecule has 0 spiro atoms. The van der Waals surface area contributed by atoms with Crippen LogP contribution < -0.4 is 5.73 Å². The summed E-state index contributed by atoms with van der Waals surface area (Å²) < 4.78 is 14.8. The molecule has 2 N–H and O–H groups in total. The molecule has 0 saturated heterocycles. The summed E-state index contributed by atoms with van der Waals surface area (Å²) in [6.45, 7) is 0.512. The second kappa shape index (κ2) is 3.87. The molecule has 0 fully saturated rings. The average Bonchev–Trinajstić information content (AvgIpc) is 2.61. The van der Waals surface area contributed by atoms with Crippen molar-refractivity contribution >= 4 is 0 Å². The Labute approximate surface area is 88.1 Å². The van der Waals surface area contributed by atoms with Gasteiger partial charge in [-0.1, -0.05) is 0 Å². The van der Waals surface area contributed by atoms with Gasteiger partial charge in [0.15, 0.2) is 0 Å². The van der Waals surface area contributed by atoms with Crippen molar-refractivity contribution in [2.24, 2.45) is 12.8 Å². The summed E-state index contributed by atoms with van der Waals surface area (Å²) in [5.74, 6) is -0.216. The minimum Gasteiger partial charge on any atom is -0.346 e. The highest BCUT2D eigenvalue weighted by molar-refractivity contribution is 5.60. The van der Waals surface area contributed by atoms with Gasteiger partial charge in [0.25, 0.3) is 0 Å². The molecule has 0 unspecified atom stereocenters. The topological polar surface area (TPSA) is 30.9 Å². The first-order chi connectivity index (χ1) is 7.22. The van der Waals surface area contributed by atoms with Crippen LogP contribution in [0.25, 0.3) is 11.3 Å². The summed E-state index contributed by atoms with van der Waals surface area (Å²) >= 11 is 0. The molecule has 1 aromatic carbocycles. The molecular weight excluding hydrogens is 191 g/mol. The lowest BCUT2D eigenvalue weighted by molar-refractivity contribution is 0.628. The van der Waals surface area contributed by atoms with Crippen LogP contribution in [0.4, 0.5) is 4.39 Å². The molecule has 15 heavy (non-hydrogen) atoms. The van der Waals surface area contributed by atoms with Crippen molar-refractivity contribution in [3.8, 4) is 11.3 Å². The summed E-state index contributed by atoms with van der Waals surface area (Å²) in [5.41, 5.74) is 8.70. The van der Waals surface area contributed by atoms with Crippen LogP contribution in [0.3, 0.4) is 0 Å². The molecule has 78 valence electrons. The van der Waals surface area contributed by atoms with Crippen molar-refractivity contribution in [3.05, 3.63) is 47.9 Å². The third-order valence-corrected chi connectivity index (χ3v) is 2.57. The lowest BCUT2D eigenvalue weighted by Crippen LogP contribution is -2.03. The first-order valence-electron chi connectivity index (χ1n) is 4.83. The largest absolute Gasteiger partial charge is 0.346 e. The molecule has 1 heterocycles. The zero-order valence-corrected chi connectivity index (χ0v) is 8.57. The Hall–Kier alpha value is -1.61. The van der Waals surface area contributed by atoms with Gasteiger partial charge in [0.05, 0.1) is 0 Å². The van der Waals surface area contributed by atoms with Gasteiger partial charge in [0.2, 0.25) is 0 Å². The molecule has 0 atom stereocenters. The molecule has 0 aliphatic rings. The lowest BCUT2D eigenvalue weighted by atomic mass is 10.1. The maximum atomic E-state index is 12.7. The van der Waals surface area contributed by atoms with Crippen molar-refractivity contribution in [1.29, 1.82) is 0 Å². The standard InChI is InChI=1S/C12H13FN2/c1-15-11(8-14)6-7-12(15)9-2-4-10(13)5-3-9/h2-7H,8,14H2,1H3. The fourth-order valence-corrected chi connectivity index (χ4v) is 1.67. The van der Waals surface area contributed by atoms with Crippen LogP contribution in [0, 0.1) is 5.82 Å². The number of benzene rings is 1. The van der Waals surface area contributed by atoms with E-state index in [1.807, 2.05) is 23.7 Å². The number of nitrogens with two attached hydrogens (primary N) is 1. The second-order valence-corrected chi connectivity index (χ2v) is 3.48. The number of hydrogen-bond acceptors (Lipinski definition) is 1. The zero-order chi connectivity index (χ0) is 10.8. The Morgan fingerprint density at radius 3 is 2.33 bits per heavy atom. The zero-order valence-electron chi connectivity index (χ0n) is 8.57.